The van der Waals surface area contributed by atoms with Crippen LogP contribution in [0.4, 0.5) is 0 Å². The van der Waals surface area contributed by atoms with Gasteiger partial charge in [-0.2, -0.15) is 0 Å². The van der Waals surface area contributed by atoms with Gasteiger partial charge < -0.3 is 4.90 Å². The van der Waals surface area contributed by atoms with Crippen LogP contribution in [0.15, 0.2) is 36.9 Å². The van der Waals surface area contributed by atoms with Crippen molar-refractivity contribution in [2.24, 2.45) is 0 Å². The van der Waals surface area contributed by atoms with Crippen molar-refractivity contribution < 1.29 is 4.79 Å². The number of fused-ring (bicyclic) bond motifs is 1. The zero-order chi connectivity index (χ0) is 21.2. The molecule has 1 aromatic heterocycles. The molecular formula is C25H33N5O. The zero-order valence-electron chi connectivity index (χ0n) is 18.5. The van der Waals surface area contributed by atoms with Crippen LogP contribution >= 0.6 is 0 Å². The normalized spacial score (nSPS) is 23.1. The molecule has 0 bridgehead atoms. The second kappa shape index (κ2) is 9.05. The van der Waals surface area contributed by atoms with Crippen molar-refractivity contribution in [3.63, 3.8) is 0 Å². The van der Waals surface area contributed by atoms with Crippen LogP contribution in [0.1, 0.15) is 43.7 Å². The Bertz CT molecular complexity index is 911. The monoisotopic (exact) mass is 419 g/mol. The molecule has 1 amide bonds. The lowest BCUT2D eigenvalue weighted by atomic mass is 9.95. The Morgan fingerprint density at radius 1 is 1.03 bits per heavy atom. The standard InChI is InChI=1S/C25H33N5O/c1-19-15-29(10-11-30(19)24-4-2-3-5-24)25(31)17-28-9-8-21-12-20(6-7-22(21)16-28)23-13-26-18-27-14-23/h6-7,12-14,18-19,24H,2-5,8-11,15-17H2,1H3. The first-order valence-electron chi connectivity index (χ1n) is 11.8. The van der Waals surface area contributed by atoms with E-state index in [1.54, 1.807) is 6.33 Å². The molecule has 1 atom stereocenters. The van der Waals surface area contributed by atoms with Crippen molar-refractivity contribution in [3.8, 4) is 11.1 Å². The van der Waals surface area contributed by atoms with E-state index >= 15 is 0 Å². The van der Waals surface area contributed by atoms with Gasteiger partial charge in [-0.25, -0.2) is 9.97 Å². The van der Waals surface area contributed by atoms with Crippen molar-refractivity contribution in [1.82, 2.24) is 24.7 Å². The molecule has 1 unspecified atom stereocenters. The van der Waals surface area contributed by atoms with Crippen molar-refractivity contribution in [2.75, 3.05) is 32.7 Å². The van der Waals surface area contributed by atoms with Crippen molar-refractivity contribution in [2.45, 2.75) is 57.7 Å². The molecule has 31 heavy (non-hydrogen) atoms. The number of piperazine rings is 1. The minimum atomic E-state index is 0.291. The smallest absolute Gasteiger partial charge is 0.236 e. The van der Waals surface area contributed by atoms with Crippen molar-refractivity contribution in [3.05, 3.63) is 48.0 Å². The van der Waals surface area contributed by atoms with Gasteiger partial charge in [-0.15, -0.1) is 0 Å². The Hall–Kier alpha value is -2.31. The second-order valence-electron chi connectivity index (χ2n) is 9.44. The Morgan fingerprint density at radius 2 is 1.84 bits per heavy atom. The van der Waals surface area contributed by atoms with Crippen LogP contribution in [0.5, 0.6) is 0 Å². The van der Waals surface area contributed by atoms with Crippen LogP contribution in [-0.4, -0.2) is 75.4 Å². The molecule has 5 rings (SSSR count). The summed E-state index contributed by atoms with van der Waals surface area (Å²) in [5.74, 6) is 0.291. The molecule has 2 aliphatic heterocycles. The molecule has 0 spiro atoms. The van der Waals surface area contributed by atoms with Gasteiger partial charge >= 0.3 is 0 Å². The summed E-state index contributed by atoms with van der Waals surface area (Å²) in [6.45, 7) is 7.41. The number of benzene rings is 1. The SMILES string of the molecule is CC1CN(C(=O)CN2CCc3cc(-c4cncnc4)ccc3C2)CCN1C1CCCC1. The summed E-state index contributed by atoms with van der Waals surface area (Å²) >= 11 is 0. The summed E-state index contributed by atoms with van der Waals surface area (Å²) in [7, 11) is 0. The Labute approximate surface area is 185 Å². The largest absolute Gasteiger partial charge is 0.339 e. The van der Waals surface area contributed by atoms with E-state index in [1.807, 2.05) is 12.4 Å². The number of aromatic nitrogens is 2. The third-order valence-electron chi connectivity index (χ3n) is 7.38. The van der Waals surface area contributed by atoms with Crippen LogP contribution in [-0.2, 0) is 17.8 Å². The van der Waals surface area contributed by atoms with E-state index < -0.39 is 0 Å². The second-order valence-corrected chi connectivity index (χ2v) is 9.44. The van der Waals surface area contributed by atoms with Crippen molar-refractivity contribution >= 4 is 5.91 Å². The summed E-state index contributed by atoms with van der Waals surface area (Å²) in [6, 6.07) is 7.84. The molecule has 3 heterocycles. The van der Waals surface area contributed by atoms with E-state index in [9.17, 15) is 4.79 Å². The van der Waals surface area contributed by atoms with Gasteiger partial charge in [0.05, 0.1) is 6.54 Å². The first-order chi connectivity index (χ1) is 15.2. The molecule has 1 aliphatic carbocycles. The first kappa shape index (κ1) is 20.6. The van der Waals surface area contributed by atoms with Gasteiger partial charge in [0, 0.05) is 62.8 Å². The molecule has 164 valence electrons. The fourth-order valence-electron chi connectivity index (χ4n) is 5.64. The number of hydrogen-bond donors (Lipinski definition) is 0. The van der Waals surface area contributed by atoms with Crippen LogP contribution < -0.4 is 0 Å². The number of carbonyl (C=O) groups is 1. The summed E-state index contributed by atoms with van der Waals surface area (Å²) in [4.78, 5) is 28.4. The quantitative estimate of drug-likeness (QED) is 0.763. The average Bonchev–Trinajstić information content (AvgIpc) is 3.34. The highest BCUT2D eigenvalue weighted by molar-refractivity contribution is 5.78. The van der Waals surface area contributed by atoms with E-state index in [1.165, 1.54) is 36.8 Å². The fraction of sp³-hybridized carbons (Fsp3) is 0.560. The molecule has 3 aliphatic rings. The van der Waals surface area contributed by atoms with Crippen LogP contribution in [0.25, 0.3) is 11.1 Å². The summed E-state index contributed by atoms with van der Waals surface area (Å²) in [5, 5.41) is 0. The summed E-state index contributed by atoms with van der Waals surface area (Å²) < 4.78 is 0. The molecular weight excluding hydrogens is 386 g/mol. The molecule has 6 heteroatoms. The number of nitrogens with zero attached hydrogens (tertiary/aromatic N) is 5. The van der Waals surface area contributed by atoms with E-state index in [2.05, 4.69) is 49.8 Å². The highest BCUT2D eigenvalue weighted by Gasteiger charge is 2.33. The topological polar surface area (TPSA) is 52.6 Å². The molecule has 6 nitrogen and oxygen atoms in total. The third-order valence-corrected chi connectivity index (χ3v) is 7.38. The Balaban J connectivity index is 1.17. The van der Waals surface area contributed by atoms with Gasteiger partial charge in [0.2, 0.25) is 5.91 Å². The average molecular weight is 420 g/mol. The molecule has 0 radical (unpaired) electrons. The van der Waals surface area contributed by atoms with Gasteiger partial charge in [0.15, 0.2) is 0 Å². The number of hydrogen-bond acceptors (Lipinski definition) is 5. The maximum atomic E-state index is 13.0. The molecule has 0 N–H and O–H groups in total. The molecule has 1 saturated heterocycles. The van der Waals surface area contributed by atoms with Gasteiger partial charge in [0.1, 0.15) is 6.33 Å². The van der Waals surface area contributed by atoms with Gasteiger partial charge in [-0.1, -0.05) is 31.0 Å². The number of rotatable bonds is 4. The van der Waals surface area contributed by atoms with Crippen molar-refractivity contribution in [1.29, 1.82) is 0 Å². The first-order valence-corrected chi connectivity index (χ1v) is 11.8. The molecule has 1 aromatic carbocycles. The lowest BCUT2D eigenvalue weighted by molar-refractivity contribution is -0.136. The van der Waals surface area contributed by atoms with Gasteiger partial charge in [-0.3, -0.25) is 14.6 Å². The maximum absolute atomic E-state index is 13.0. The predicted molar refractivity (Wildman–Crippen MR) is 121 cm³/mol. The fourth-order valence-corrected chi connectivity index (χ4v) is 5.64. The van der Waals surface area contributed by atoms with Gasteiger partial charge in [0.25, 0.3) is 0 Å². The van der Waals surface area contributed by atoms with E-state index in [0.29, 0.717) is 18.5 Å². The third kappa shape index (κ3) is 4.51. The molecule has 2 fully saturated rings. The van der Waals surface area contributed by atoms with E-state index in [-0.39, 0.29) is 0 Å². The van der Waals surface area contributed by atoms with E-state index in [0.717, 1.165) is 56.3 Å². The number of amides is 1. The maximum Gasteiger partial charge on any atom is 0.236 e. The Kier molecular flexibility index (Phi) is 6.01. The van der Waals surface area contributed by atoms with E-state index in [4.69, 9.17) is 0 Å². The minimum absolute atomic E-state index is 0.291. The summed E-state index contributed by atoms with van der Waals surface area (Å²) in [6.07, 6.45) is 11.7. The lowest BCUT2D eigenvalue weighted by Gasteiger charge is -2.43. The van der Waals surface area contributed by atoms with Gasteiger partial charge in [-0.05, 0) is 42.9 Å². The highest BCUT2D eigenvalue weighted by Crippen LogP contribution is 2.28. The predicted octanol–water partition coefficient (Wildman–Crippen LogP) is 2.98. The Morgan fingerprint density at radius 3 is 2.61 bits per heavy atom. The highest BCUT2D eigenvalue weighted by atomic mass is 16.2. The molecule has 2 aromatic rings. The lowest BCUT2D eigenvalue weighted by Crippen LogP contribution is -2.57. The number of carbonyl (C=O) groups excluding carboxylic acids is 1. The van der Waals surface area contributed by atoms with Crippen LogP contribution in [0, 0.1) is 0 Å². The minimum Gasteiger partial charge on any atom is -0.339 e. The summed E-state index contributed by atoms with van der Waals surface area (Å²) in [5.41, 5.74) is 4.93. The van der Waals surface area contributed by atoms with Crippen LogP contribution in [0.2, 0.25) is 0 Å². The zero-order valence-corrected chi connectivity index (χ0v) is 18.5. The molecule has 1 saturated carbocycles. The van der Waals surface area contributed by atoms with Crippen LogP contribution in [0.3, 0.4) is 0 Å².